The molecule has 0 aliphatic heterocycles. The summed E-state index contributed by atoms with van der Waals surface area (Å²) in [6, 6.07) is 5.16. The number of benzene rings is 1. The summed E-state index contributed by atoms with van der Waals surface area (Å²) in [6.45, 7) is -1.12. The number of hydrogen-bond donors (Lipinski definition) is 1. The molecule has 1 N–H and O–H groups in total. The van der Waals surface area contributed by atoms with Gasteiger partial charge in [-0.2, -0.15) is 0 Å². The van der Waals surface area contributed by atoms with E-state index in [0.29, 0.717) is 11.1 Å². The normalized spacial score (nSPS) is 13.0. The Morgan fingerprint density at radius 3 is 3.00 bits per heavy atom. The molecule has 0 spiro atoms. The van der Waals surface area contributed by atoms with Gasteiger partial charge >= 0.3 is 0 Å². The summed E-state index contributed by atoms with van der Waals surface area (Å²) in [4.78, 5) is 3.87. The highest BCUT2D eigenvalue weighted by Gasteiger charge is 2.16. The molecule has 1 aromatic heterocycles. The van der Waals surface area contributed by atoms with E-state index in [1.807, 2.05) is 0 Å². The molecule has 3 nitrogen and oxygen atoms in total. The van der Waals surface area contributed by atoms with Crippen molar-refractivity contribution in [3.63, 3.8) is 0 Å². The second-order valence-corrected chi connectivity index (χ2v) is 3.11. The number of anilines is 1. The number of aromatic nitrogens is 1. The molecule has 1 aromatic carbocycles. The van der Waals surface area contributed by atoms with Crippen LogP contribution in [0.2, 0.25) is 0 Å². The average Bonchev–Trinajstić information content (AvgIpc) is 2.70. The van der Waals surface area contributed by atoms with Crippen molar-refractivity contribution in [2.75, 3.05) is 19.0 Å². The van der Waals surface area contributed by atoms with Crippen molar-refractivity contribution in [3.8, 4) is 0 Å². The zero-order valence-electron chi connectivity index (χ0n) is 8.13. The van der Waals surface area contributed by atoms with Crippen molar-refractivity contribution in [1.82, 2.24) is 4.98 Å². The van der Waals surface area contributed by atoms with Crippen molar-refractivity contribution in [2.24, 2.45) is 0 Å². The Labute approximate surface area is 85.1 Å². The zero-order chi connectivity index (χ0) is 10.8. The highest BCUT2D eigenvalue weighted by atomic mass is 19.2. The van der Waals surface area contributed by atoms with E-state index in [1.165, 1.54) is 0 Å². The molecule has 0 radical (unpaired) electrons. The first-order valence-electron chi connectivity index (χ1n) is 4.53. The molecular formula is C10H10F2N2O. The lowest BCUT2D eigenvalue weighted by atomic mass is 10.3. The molecule has 0 aliphatic carbocycles. The van der Waals surface area contributed by atoms with Gasteiger partial charge in [0.1, 0.15) is 12.2 Å². The van der Waals surface area contributed by atoms with E-state index in [0.717, 1.165) is 5.69 Å². The van der Waals surface area contributed by atoms with Gasteiger partial charge in [0.2, 0.25) is 12.1 Å². The summed E-state index contributed by atoms with van der Waals surface area (Å²) in [5.41, 5.74) is 1.83. The summed E-state index contributed by atoms with van der Waals surface area (Å²) in [7, 11) is 1.77. The summed E-state index contributed by atoms with van der Waals surface area (Å²) < 4.78 is 30.1. The molecule has 1 atom stereocenters. The topological polar surface area (TPSA) is 38.1 Å². The van der Waals surface area contributed by atoms with Crippen LogP contribution in [0.5, 0.6) is 0 Å². The highest BCUT2D eigenvalue weighted by molar-refractivity contribution is 5.77. The van der Waals surface area contributed by atoms with E-state index in [1.54, 1.807) is 25.2 Å². The molecule has 0 bridgehead atoms. The fourth-order valence-electron chi connectivity index (χ4n) is 1.30. The number of rotatable bonds is 3. The van der Waals surface area contributed by atoms with Crippen molar-refractivity contribution in [3.05, 3.63) is 24.1 Å². The molecule has 0 aliphatic rings. The maximum Gasteiger partial charge on any atom is 0.232 e. The highest BCUT2D eigenvalue weighted by Crippen LogP contribution is 2.24. The number of hydrogen-bond acceptors (Lipinski definition) is 3. The molecule has 0 fully saturated rings. The van der Waals surface area contributed by atoms with Gasteiger partial charge in [-0.3, -0.25) is 0 Å². The van der Waals surface area contributed by atoms with Crippen molar-refractivity contribution >= 4 is 16.8 Å². The minimum Gasteiger partial charge on any atom is -0.437 e. The van der Waals surface area contributed by atoms with Gasteiger partial charge in [0, 0.05) is 12.7 Å². The molecule has 80 valence electrons. The van der Waals surface area contributed by atoms with E-state index in [9.17, 15) is 8.78 Å². The van der Waals surface area contributed by atoms with E-state index in [4.69, 9.17) is 4.42 Å². The van der Waals surface area contributed by atoms with Crippen LogP contribution in [0.1, 0.15) is 12.1 Å². The molecule has 1 unspecified atom stereocenters. The van der Waals surface area contributed by atoms with Crippen LogP contribution >= 0.6 is 0 Å². The van der Waals surface area contributed by atoms with Gasteiger partial charge in [0.25, 0.3) is 0 Å². The van der Waals surface area contributed by atoms with Gasteiger partial charge in [-0.05, 0) is 18.2 Å². The number of fused-ring (bicyclic) bond motifs is 1. The molecule has 5 heteroatoms. The molecule has 2 rings (SSSR count). The first kappa shape index (κ1) is 9.89. The Bertz CT molecular complexity index is 469. The molecule has 1 heterocycles. The van der Waals surface area contributed by atoms with E-state index in [-0.39, 0.29) is 5.89 Å². The van der Waals surface area contributed by atoms with Crippen LogP contribution in [-0.4, -0.2) is 18.7 Å². The molecule has 0 saturated carbocycles. The average molecular weight is 212 g/mol. The maximum absolute atomic E-state index is 12.9. The quantitative estimate of drug-likeness (QED) is 0.850. The Hall–Kier alpha value is -1.65. The van der Waals surface area contributed by atoms with Gasteiger partial charge in [-0.25, -0.2) is 13.8 Å². The van der Waals surface area contributed by atoms with E-state index >= 15 is 0 Å². The maximum atomic E-state index is 12.9. The SMILES string of the molecule is CNc1ccc2oc(C(F)CF)nc2c1. The number of oxazole rings is 1. The van der Waals surface area contributed by atoms with E-state index < -0.39 is 12.8 Å². The Balaban J connectivity index is 2.46. The van der Waals surface area contributed by atoms with E-state index in [2.05, 4.69) is 10.3 Å². The largest absolute Gasteiger partial charge is 0.437 e. The fraction of sp³-hybridized carbons (Fsp3) is 0.300. The second kappa shape index (κ2) is 3.84. The van der Waals surface area contributed by atoms with Crippen LogP contribution in [0.3, 0.4) is 0 Å². The minimum atomic E-state index is -1.78. The first-order chi connectivity index (χ1) is 7.24. The number of nitrogens with one attached hydrogen (secondary N) is 1. The van der Waals surface area contributed by atoms with Crippen molar-refractivity contribution in [1.29, 1.82) is 0 Å². The summed E-state index contributed by atoms with van der Waals surface area (Å²) in [5, 5.41) is 2.92. The third-order valence-electron chi connectivity index (χ3n) is 2.10. The molecule has 0 saturated heterocycles. The van der Waals surface area contributed by atoms with Gasteiger partial charge in [0.15, 0.2) is 5.58 Å². The summed E-state index contributed by atoms with van der Waals surface area (Å²) in [6.07, 6.45) is -1.78. The lowest BCUT2D eigenvalue weighted by Crippen LogP contribution is -1.92. The smallest absolute Gasteiger partial charge is 0.232 e. The van der Waals surface area contributed by atoms with Gasteiger partial charge in [0.05, 0.1) is 0 Å². The van der Waals surface area contributed by atoms with Gasteiger partial charge in [-0.15, -0.1) is 0 Å². The summed E-state index contributed by atoms with van der Waals surface area (Å²) in [5.74, 6) is -0.208. The van der Waals surface area contributed by atoms with Crippen molar-refractivity contribution < 1.29 is 13.2 Å². The van der Waals surface area contributed by atoms with Crippen LogP contribution in [0.15, 0.2) is 22.6 Å². The van der Waals surface area contributed by atoms with Crippen LogP contribution < -0.4 is 5.32 Å². The Kier molecular flexibility index (Phi) is 2.53. The lowest BCUT2D eigenvalue weighted by molar-refractivity contribution is 0.226. The monoisotopic (exact) mass is 212 g/mol. The Morgan fingerprint density at radius 2 is 2.33 bits per heavy atom. The fourth-order valence-corrected chi connectivity index (χ4v) is 1.30. The predicted molar refractivity (Wildman–Crippen MR) is 53.4 cm³/mol. The standard InChI is InChI=1S/C10H10F2N2O/c1-13-6-2-3-9-8(4-6)14-10(15-9)7(12)5-11/h2-4,7,13H,5H2,1H3. The third kappa shape index (κ3) is 1.77. The van der Waals surface area contributed by atoms with Crippen LogP contribution in [0, 0.1) is 0 Å². The summed E-state index contributed by atoms with van der Waals surface area (Å²) >= 11 is 0. The number of nitrogens with zero attached hydrogens (tertiary/aromatic N) is 1. The number of halogens is 2. The predicted octanol–water partition coefficient (Wildman–Crippen LogP) is 2.85. The molecule has 2 aromatic rings. The third-order valence-corrected chi connectivity index (χ3v) is 2.10. The zero-order valence-corrected chi connectivity index (χ0v) is 8.13. The molecule has 0 amide bonds. The number of alkyl halides is 2. The Morgan fingerprint density at radius 1 is 1.53 bits per heavy atom. The molecule has 15 heavy (non-hydrogen) atoms. The first-order valence-corrected chi connectivity index (χ1v) is 4.53. The van der Waals surface area contributed by atoms with Crippen LogP contribution in [-0.2, 0) is 0 Å². The van der Waals surface area contributed by atoms with Gasteiger partial charge in [-0.1, -0.05) is 0 Å². The minimum absolute atomic E-state index is 0.208. The second-order valence-electron chi connectivity index (χ2n) is 3.11. The van der Waals surface area contributed by atoms with Crippen LogP contribution in [0.4, 0.5) is 14.5 Å². The van der Waals surface area contributed by atoms with Crippen molar-refractivity contribution in [2.45, 2.75) is 6.17 Å². The van der Waals surface area contributed by atoms with Crippen LogP contribution in [0.25, 0.3) is 11.1 Å². The molecular weight excluding hydrogens is 202 g/mol. The van der Waals surface area contributed by atoms with Gasteiger partial charge < -0.3 is 9.73 Å². The lowest BCUT2D eigenvalue weighted by Gasteiger charge is -1.96.